The zero-order chi connectivity index (χ0) is 16.6. The van der Waals surface area contributed by atoms with E-state index in [2.05, 4.69) is 4.99 Å². The van der Waals surface area contributed by atoms with Crippen LogP contribution in [0.25, 0.3) is 0 Å². The lowest BCUT2D eigenvalue weighted by Crippen LogP contribution is -2.38. The van der Waals surface area contributed by atoms with Gasteiger partial charge in [-0.15, -0.1) is 0 Å². The summed E-state index contributed by atoms with van der Waals surface area (Å²) in [5, 5.41) is 0. The maximum absolute atomic E-state index is 12.6. The molecule has 118 valence electrons. The Morgan fingerprint density at radius 3 is 2.17 bits per heavy atom. The van der Waals surface area contributed by atoms with Crippen LogP contribution in [0.1, 0.15) is 27.6 Å². The van der Waals surface area contributed by atoms with E-state index in [1.165, 1.54) is 7.11 Å². The predicted octanol–water partition coefficient (Wildman–Crippen LogP) is 2.14. The van der Waals surface area contributed by atoms with Crippen molar-refractivity contribution in [2.75, 3.05) is 14.2 Å². The van der Waals surface area contributed by atoms with E-state index < -0.39 is 6.17 Å². The maximum atomic E-state index is 12.6. The van der Waals surface area contributed by atoms with Crippen molar-refractivity contribution in [1.29, 1.82) is 0 Å². The maximum Gasteiger partial charge on any atom is 0.263 e. The highest BCUT2D eigenvalue weighted by Crippen LogP contribution is 2.27. The Kier molecular flexibility index (Phi) is 3.73. The van der Waals surface area contributed by atoms with Gasteiger partial charge in [0.15, 0.2) is 6.17 Å². The molecule has 2 heterocycles. The average molecular weight is 312 g/mol. The third-order valence-corrected chi connectivity index (χ3v) is 3.86. The number of fused-ring (bicyclic) bond motifs is 1. The monoisotopic (exact) mass is 312 g/mol. The highest BCUT2D eigenvalue weighted by atomic mass is 16.5. The summed E-state index contributed by atoms with van der Waals surface area (Å²) < 4.78 is 10.6. The fraction of sp³-hybridized carbons (Fsp3) is 0.235. The van der Waals surface area contributed by atoms with Crippen LogP contribution >= 0.6 is 0 Å². The fourth-order valence-electron chi connectivity index (χ4n) is 2.68. The lowest BCUT2D eigenvalue weighted by molar-refractivity contribution is 0.0619. The fourth-order valence-corrected chi connectivity index (χ4v) is 2.68. The van der Waals surface area contributed by atoms with Crippen molar-refractivity contribution >= 4 is 17.7 Å². The molecule has 2 amide bonds. The normalized spacial score (nSPS) is 20.4. The first-order valence-electron chi connectivity index (χ1n) is 7.10. The summed E-state index contributed by atoms with van der Waals surface area (Å²) in [4.78, 5) is 30.6. The Balaban J connectivity index is 2.03. The molecule has 2 aliphatic rings. The lowest BCUT2D eigenvalue weighted by Gasteiger charge is -2.19. The summed E-state index contributed by atoms with van der Waals surface area (Å²) in [5.74, 6) is 0.175. The summed E-state index contributed by atoms with van der Waals surface area (Å²) in [6, 6.07) is 6.74. The molecule has 3 rings (SSSR count). The van der Waals surface area contributed by atoms with E-state index in [-0.39, 0.29) is 11.8 Å². The molecule has 0 aromatic heterocycles. The molecule has 23 heavy (non-hydrogen) atoms. The first-order chi connectivity index (χ1) is 11.1. The minimum atomic E-state index is -0.778. The molecule has 0 aliphatic carbocycles. The van der Waals surface area contributed by atoms with E-state index in [4.69, 9.17) is 9.47 Å². The first kappa shape index (κ1) is 15.0. The number of allylic oxidation sites excluding steroid dienone is 1. The van der Waals surface area contributed by atoms with Crippen LogP contribution in [0.4, 0.5) is 0 Å². The molecule has 6 nitrogen and oxygen atoms in total. The molecule has 2 aliphatic heterocycles. The molecule has 0 fully saturated rings. The zero-order valence-corrected chi connectivity index (χ0v) is 13.1. The highest BCUT2D eigenvalue weighted by Gasteiger charge is 2.39. The van der Waals surface area contributed by atoms with Crippen molar-refractivity contribution in [3.63, 3.8) is 0 Å². The number of amides is 2. The summed E-state index contributed by atoms with van der Waals surface area (Å²) in [6.45, 7) is 1.80. The van der Waals surface area contributed by atoms with Crippen molar-refractivity contribution in [2.24, 2.45) is 4.99 Å². The molecule has 1 unspecified atom stereocenters. The van der Waals surface area contributed by atoms with Gasteiger partial charge in [-0.3, -0.25) is 9.59 Å². The number of hydrogen-bond donors (Lipinski definition) is 0. The van der Waals surface area contributed by atoms with Gasteiger partial charge in [0.05, 0.1) is 30.9 Å². The third-order valence-electron chi connectivity index (χ3n) is 3.86. The van der Waals surface area contributed by atoms with E-state index in [1.807, 2.05) is 0 Å². The number of carbonyl (C=O) groups is 2. The van der Waals surface area contributed by atoms with Crippen LogP contribution in [0.15, 0.2) is 52.7 Å². The van der Waals surface area contributed by atoms with Crippen LogP contribution in [0.3, 0.4) is 0 Å². The third kappa shape index (κ3) is 2.32. The van der Waals surface area contributed by atoms with Gasteiger partial charge in [-0.1, -0.05) is 12.1 Å². The number of rotatable bonds is 2. The Morgan fingerprint density at radius 1 is 1.04 bits per heavy atom. The van der Waals surface area contributed by atoms with Crippen molar-refractivity contribution in [1.82, 2.24) is 4.90 Å². The predicted molar refractivity (Wildman–Crippen MR) is 84.0 cm³/mol. The number of benzene rings is 1. The second-order valence-electron chi connectivity index (χ2n) is 5.13. The quantitative estimate of drug-likeness (QED) is 0.785. The van der Waals surface area contributed by atoms with Gasteiger partial charge >= 0.3 is 0 Å². The van der Waals surface area contributed by atoms with E-state index in [1.54, 1.807) is 50.5 Å². The smallest absolute Gasteiger partial charge is 0.263 e. The number of methoxy groups -OCH3 is 2. The summed E-state index contributed by atoms with van der Waals surface area (Å²) in [7, 11) is 3.03. The Labute approximate surface area is 133 Å². The van der Waals surface area contributed by atoms with E-state index in [0.29, 0.717) is 28.4 Å². The molecule has 0 spiro atoms. The minimum Gasteiger partial charge on any atom is -0.496 e. The van der Waals surface area contributed by atoms with Crippen LogP contribution < -0.4 is 0 Å². The molecule has 1 aromatic rings. The average Bonchev–Trinajstić information content (AvgIpc) is 2.72. The van der Waals surface area contributed by atoms with E-state index in [9.17, 15) is 9.59 Å². The van der Waals surface area contributed by atoms with Crippen LogP contribution in [-0.4, -0.2) is 43.0 Å². The van der Waals surface area contributed by atoms with E-state index in [0.717, 1.165) is 4.90 Å². The van der Waals surface area contributed by atoms with Gasteiger partial charge in [0.2, 0.25) is 5.90 Å². The molecule has 0 saturated heterocycles. The van der Waals surface area contributed by atoms with Crippen molar-refractivity contribution < 1.29 is 19.1 Å². The summed E-state index contributed by atoms with van der Waals surface area (Å²) in [6.07, 6.45) is 2.56. The van der Waals surface area contributed by atoms with Crippen molar-refractivity contribution in [3.05, 3.63) is 58.9 Å². The van der Waals surface area contributed by atoms with Crippen LogP contribution in [0, 0.1) is 0 Å². The van der Waals surface area contributed by atoms with Gasteiger partial charge in [0, 0.05) is 0 Å². The first-order valence-corrected chi connectivity index (χ1v) is 7.10. The topological polar surface area (TPSA) is 68.2 Å². The van der Waals surface area contributed by atoms with Gasteiger partial charge in [-0.05, 0) is 31.2 Å². The zero-order valence-electron chi connectivity index (χ0n) is 13.1. The number of ether oxygens (including phenoxy) is 2. The molecule has 0 N–H and O–H groups in total. The van der Waals surface area contributed by atoms with Crippen LogP contribution in [0.5, 0.6) is 0 Å². The Bertz CT molecular complexity index is 742. The molecule has 0 bridgehead atoms. The number of hydrogen-bond acceptors (Lipinski definition) is 5. The Hall–Kier alpha value is -2.89. The molecule has 0 saturated carbocycles. The molecule has 0 radical (unpaired) electrons. The number of nitrogens with zero attached hydrogens (tertiary/aromatic N) is 2. The summed E-state index contributed by atoms with van der Waals surface area (Å²) in [5.41, 5.74) is 1.48. The largest absolute Gasteiger partial charge is 0.496 e. The number of aliphatic imine (C=N–C) groups is 1. The Morgan fingerprint density at radius 2 is 1.65 bits per heavy atom. The number of carbonyl (C=O) groups excluding carboxylic acids is 2. The second kappa shape index (κ2) is 5.72. The lowest BCUT2D eigenvalue weighted by atomic mass is 10.1. The van der Waals surface area contributed by atoms with Gasteiger partial charge in [-0.25, -0.2) is 9.89 Å². The molecular formula is C17H16N2O4. The highest BCUT2D eigenvalue weighted by molar-refractivity contribution is 6.21. The minimum absolute atomic E-state index is 0.327. The second-order valence-corrected chi connectivity index (χ2v) is 5.13. The number of imide groups is 1. The van der Waals surface area contributed by atoms with E-state index >= 15 is 0 Å². The molecular weight excluding hydrogens is 296 g/mol. The van der Waals surface area contributed by atoms with Crippen LogP contribution in [0.2, 0.25) is 0 Å². The standard InChI is InChI=1S/C17H16N2O4/c1-10-13(22-2)8-9-14(18-15(10)23-3)19-16(20)11-6-4-5-7-12(11)17(19)21/h4-9,14H,1-3H3. The van der Waals surface area contributed by atoms with Gasteiger partial charge < -0.3 is 9.47 Å². The molecule has 1 aromatic carbocycles. The molecule has 6 heteroatoms. The van der Waals surface area contributed by atoms with Crippen molar-refractivity contribution in [3.8, 4) is 0 Å². The summed E-state index contributed by atoms with van der Waals surface area (Å²) >= 11 is 0. The SMILES string of the molecule is COC1=NC(N2C(=O)c3ccccc3C2=O)C=CC(OC)=C1C. The van der Waals surface area contributed by atoms with Crippen LogP contribution in [-0.2, 0) is 9.47 Å². The van der Waals surface area contributed by atoms with Crippen molar-refractivity contribution in [2.45, 2.75) is 13.1 Å². The van der Waals surface area contributed by atoms with Gasteiger partial charge in [0.25, 0.3) is 11.8 Å². The van der Waals surface area contributed by atoms with Gasteiger partial charge in [0.1, 0.15) is 5.76 Å². The van der Waals surface area contributed by atoms with Gasteiger partial charge in [-0.2, -0.15) is 0 Å². The molecule has 1 atom stereocenters.